The minimum atomic E-state index is -0.561. The number of anilines is 1. The summed E-state index contributed by atoms with van der Waals surface area (Å²) in [6, 6.07) is 4.53. The van der Waals surface area contributed by atoms with Gasteiger partial charge >= 0.3 is 0 Å². The molecule has 1 atom stereocenters. The minimum Gasteiger partial charge on any atom is -0.371 e. The molecule has 0 radical (unpaired) electrons. The molecule has 102 valence electrons. The summed E-state index contributed by atoms with van der Waals surface area (Å²) in [4.78, 5) is 22.7. The normalized spacial score (nSPS) is 19.5. The number of hydrogen-bond donors (Lipinski definition) is 2. The molecule has 19 heavy (non-hydrogen) atoms. The van der Waals surface area contributed by atoms with Gasteiger partial charge in [0.15, 0.2) is 0 Å². The van der Waals surface area contributed by atoms with Crippen molar-refractivity contribution < 1.29 is 14.0 Å². The predicted molar refractivity (Wildman–Crippen MR) is 70.3 cm³/mol. The van der Waals surface area contributed by atoms with Crippen LogP contribution in [0, 0.1) is 5.82 Å². The van der Waals surface area contributed by atoms with Crippen molar-refractivity contribution in [1.82, 2.24) is 5.32 Å². The zero-order chi connectivity index (χ0) is 14.0. The Morgan fingerprint density at radius 1 is 1.37 bits per heavy atom. The molecule has 1 saturated heterocycles. The number of carbonyl (C=O) groups is 2. The lowest BCUT2D eigenvalue weighted by Gasteiger charge is -2.23. The average molecular weight is 264 g/mol. The van der Waals surface area contributed by atoms with E-state index in [9.17, 15) is 14.0 Å². The third-order valence-electron chi connectivity index (χ3n) is 3.22. The molecule has 0 aromatic heterocycles. The summed E-state index contributed by atoms with van der Waals surface area (Å²) in [6.45, 7) is 3.82. The molecule has 2 N–H and O–H groups in total. The summed E-state index contributed by atoms with van der Waals surface area (Å²) in [6.07, 6.45) is 0.658. The largest absolute Gasteiger partial charge is 0.371 e. The van der Waals surface area contributed by atoms with Crippen LogP contribution in [-0.2, 0) is 9.59 Å². The smallest absolute Gasteiger partial charge is 0.249 e. The van der Waals surface area contributed by atoms with Crippen LogP contribution < -0.4 is 10.6 Å². The Balaban J connectivity index is 2.17. The van der Waals surface area contributed by atoms with Crippen molar-refractivity contribution in [2.75, 3.05) is 5.32 Å². The number of benzene rings is 1. The molecule has 0 unspecified atom stereocenters. The van der Waals surface area contributed by atoms with Crippen molar-refractivity contribution in [3.8, 4) is 0 Å². The standard InChI is InChI=1S/C14H17FN2O2/c1-8(2)9-4-3-5-10(13(9)15)16-11-6-7-12(18)17-14(11)19/h3-5,8,11,16H,6-7H2,1-2H3,(H,17,18,19)/t11-/m0/s1. The second-order valence-corrected chi connectivity index (χ2v) is 5.01. The zero-order valence-electron chi connectivity index (χ0n) is 11.0. The van der Waals surface area contributed by atoms with Gasteiger partial charge in [-0.05, 0) is 24.0 Å². The number of piperidine rings is 1. The fourth-order valence-electron chi connectivity index (χ4n) is 2.13. The van der Waals surface area contributed by atoms with Crippen molar-refractivity contribution in [2.45, 2.75) is 38.6 Å². The van der Waals surface area contributed by atoms with E-state index in [1.165, 1.54) is 0 Å². The van der Waals surface area contributed by atoms with Crippen LogP contribution in [0.2, 0.25) is 0 Å². The molecule has 1 heterocycles. The number of hydrogen-bond acceptors (Lipinski definition) is 3. The van der Waals surface area contributed by atoms with E-state index in [0.29, 0.717) is 17.7 Å². The molecule has 5 heteroatoms. The van der Waals surface area contributed by atoms with Crippen LogP contribution >= 0.6 is 0 Å². The van der Waals surface area contributed by atoms with Gasteiger partial charge in [-0.25, -0.2) is 4.39 Å². The molecule has 1 fully saturated rings. The van der Waals surface area contributed by atoms with Crippen molar-refractivity contribution >= 4 is 17.5 Å². The fourth-order valence-corrected chi connectivity index (χ4v) is 2.13. The Kier molecular flexibility index (Phi) is 3.83. The lowest BCUT2D eigenvalue weighted by atomic mass is 10.0. The highest BCUT2D eigenvalue weighted by molar-refractivity contribution is 6.01. The van der Waals surface area contributed by atoms with Crippen LogP contribution in [0.25, 0.3) is 0 Å². The van der Waals surface area contributed by atoms with Gasteiger partial charge in [0.2, 0.25) is 11.8 Å². The molecule has 1 aliphatic rings. The summed E-state index contributed by atoms with van der Waals surface area (Å²) < 4.78 is 14.2. The number of amides is 2. The van der Waals surface area contributed by atoms with Gasteiger partial charge in [-0.15, -0.1) is 0 Å². The van der Waals surface area contributed by atoms with Crippen molar-refractivity contribution in [3.63, 3.8) is 0 Å². The summed E-state index contributed by atoms with van der Waals surface area (Å²) in [5.74, 6) is -0.934. The molecule has 1 aromatic carbocycles. The number of nitrogens with one attached hydrogen (secondary N) is 2. The van der Waals surface area contributed by atoms with Gasteiger partial charge in [-0.1, -0.05) is 26.0 Å². The van der Waals surface area contributed by atoms with E-state index >= 15 is 0 Å². The van der Waals surface area contributed by atoms with Gasteiger partial charge in [-0.3, -0.25) is 14.9 Å². The summed E-state index contributed by atoms with van der Waals surface area (Å²) in [5, 5.41) is 5.12. The molecule has 2 rings (SSSR count). The molecule has 0 saturated carbocycles. The molecular weight excluding hydrogens is 247 g/mol. The van der Waals surface area contributed by atoms with Crippen LogP contribution in [0.5, 0.6) is 0 Å². The quantitative estimate of drug-likeness (QED) is 0.823. The van der Waals surface area contributed by atoms with Gasteiger partial charge in [0.1, 0.15) is 11.9 Å². The maximum Gasteiger partial charge on any atom is 0.249 e. The van der Waals surface area contributed by atoms with Crippen LogP contribution in [0.1, 0.15) is 38.2 Å². The first-order chi connectivity index (χ1) is 8.99. The Bertz CT molecular complexity index is 514. The highest BCUT2D eigenvalue weighted by Crippen LogP contribution is 2.25. The lowest BCUT2D eigenvalue weighted by Crippen LogP contribution is -2.47. The van der Waals surface area contributed by atoms with E-state index < -0.39 is 11.9 Å². The molecular formula is C14H17FN2O2. The molecule has 1 aromatic rings. The van der Waals surface area contributed by atoms with Gasteiger partial charge < -0.3 is 5.32 Å². The maximum absolute atomic E-state index is 14.2. The fraction of sp³-hybridized carbons (Fsp3) is 0.429. The number of carbonyl (C=O) groups excluding carboxylic acids is 2. The van der Waals surface area contributed by atoms with E-state index in [4.69, 9.17) is 0 Å². The Hall–Kier alpha value is -1.91. The zero-order valence-corrected chi connectivity index (χ0v) is 11.0. The van der Waals surface area contributed by atoms with Gasteiger partial charge in [0.05, 0.1) is 5.69 Å². The maximum atomic E-state index is 14.2. The number of halogens is 1. The average Bonchev–Trinajstić information content (AvgIpc) is 2.34. The first-order valence-electron chi connectivity index (χ1n) is 6.37. The topological polar surface area (TPSA) is 58.2 Å². The number of rotatable bonds is 3. The van der Waals surface area contributed by atoms with E-state index in [-0.39, 0.29) is 24.1 Å². The Labute approximate surface area is 111 Å². The molecule has 0 spiro atoms. The van der Waals surface area contributed by atoms with Crippen LogP contribution in [-0.4, -0.2) is 17.9 Å². The summed E-state index contributed by atoms with van der Waals surface area (Å²) in [7, 11) is 0. The monoisotopic (exact) mass is 264 g/mol. The minimum absolute atomic E-state index is 0.0727. The molecule has 2 amide bonds. The predicted octanol–water partition coefficient (Wildman–Crippen LogP) is 2.17. The Morgan fingerprint density at radius 3 is 2.74 bits per heavy atom. The van der Waals surface area contributed by atoms with Crippen LogP contribution in [0.3, 0.4) is 0 Å². The third kappa shape index (κ3) is 2.92. The highest BCUT2D eigenvalue weighted by Gasteiger charge is 2.27. The van der Waals surface area contributed by atoms with Crippen molar-refractivity contribution in [3.05, 3.63) is 29.6 Å². The summed E-state index contributed by atoms with van der Waals surface area (Å²) in [5.41, 5.74) is 0.915. The number of imide groups is 1. The van der Waals surface area contributed by atoms with Crippen LogP contribution in [0.4, 0.5) is 10.1 Å². The SMILES string of the molecule is CC(C)c1cccc(N[C@H]2CCC(=O)NC2=O)c1F. The summed E-state index contributed by atoms with van der Waals surface area (Å²) >= 11 is 0. The molecule has 0 aliphatic carbocycles. The highest BCUT2D eigenvalue weighted by atomic mass is 19.1. The molecule has 0 bridgehead atoms. The molecule has 1 aliphatic heterocycles. The Morgan fingerprint density at radius 2 is 2.11 bits per heavy atom. The van der Waals surface area contributed by atoms with Crippen LogP contribution in [0.15, 0.2) is 18.2 Å². The van der Waals surface area contributed by atoms with Crippen molar-refractivity contribution in [2.24, 2.45) is 0 Å². The lowest BCUT2D eigenvalue weighted by molar-refractivity contribution is -0.133. The van der Waals surface area contributed by atoms with E-state index in [0.717, 1.165) is 0 Å². The van der Waals surface area contributed by atoms with E-state index in [1.54, 1.807) is 18.2 Å². The second-order valence-electron chi connectivity index (χ2n) is 5.01. The van der Waals surface area contributed by atoms with Gasteiger partial charge in [-0.2, -0.15) is 0 Å². The van der Waals surface area contributed by atoms with Gasteiger partial charge in [0.25, 0.3) is 0 Å². The van der Waals surface area contributed by atoms with Crippen molar-refractivity contribution in [1.29, 1.82) is 0 Å². The van der Waals surface area contributed by atoms with Gasteiger partial charge in [0, 0.05) is 6.42 Å². The molecule has 4 nitrogen and oxygen atoms in total. The van der Waals surface area contributed by atoms with E-state index in [2.05, 4.69) is 10.6 Å². The first kappa shape index (κ1) is 13.5. The van der Waals surface area contributed by atoms with E-state index in [1.807, 2.05) is 13.8 Å². The first-order valence-corrected chi connectivity index (χ1v) is 6.37. The third-order valence-corrected chi connectivity index (χ3v) is 3.22. The second kappa shape index (κ2) is 5.38.